The van der Waals surface area contributed by atoms with E-state index in [-0.39, 0.29) is 36.0 Å². The Kier molecular flexibility index (Phi) is 8.99. The monoisotopic (exact) mass is 436 g/mol. The number of carbonyl (C=O) groups is 2. The molecule has 2 amide bonds. The molecule has 0 spiro atoms. The number of thioether (sulfide) groups is 1. The highest BCUT2D eigenvalue weighted by Gasteiger charge is 2.27. The minimum Gasteiger partial charge on any atom is -0.352 e. The van der Waals surface area contributed by atoms with Crippen LogP contribution < -0.4 is 5.32 Å². The summed E-state index contributed by atoms with van der Waals surface area (Å²) < 4.78 is 13.8. The summed E-state index contributed by atoms with van der Waals surface area (Å²) in [7, 11) is 0. The van der Waals surface area contributed by atoms with Gasteiger partial charge in [-0.15, -0.1) is 11.8 Å². The molecule has 2 aromatic carbocycles. The summed E-state index contributed by atoms with van der Waals surface area (Å²) in [6.07, 6.45) is 0. The maximum atomic E-state index is 13.8. The van der Waals surface area contributed by atoms with E-state index in [1.807, 2.05) is 32.0 Å². The van der Waals surface area contributed by atoms with Crippen LogP contribution in [0.5, 0.6) is 0 Å². The molecule has 0 aliphatic carbocycles. The molecule has 2 rings (SSSR count). The molecule has 0 unspecified atom stereocenters. The highest BCUT2D eigenvalue weighted by atomic mass is 35.5. The minimum atomic E-state index is -0.657. The molecule has 29 heavy (non-hydrogen) atoms. The van der Waals surface area contributed by atoms with E-state index in [0.29, 0.717) is 16.3 Å². The van der Waals surface area contributed by atoms with Gasteiger partial charge in [0.1, 0.15) is 11.9 Å². The van der Waals surface area contributed by atoms with Crippen LogP contribution in [-0.2, 0) is 21.9 Å². The van der Waals surface area contributed by atoms with E-state index in [1.54, 1.807) is 31.2 Å². The van der Waals surface area contributed by atoms with Gasteiger partial charge in [-0.2, -0.15) is 0 Å². The predicted molar refractivity (Wildman–Crippen MR) is 117 cm³/mol. The largest absolute Gasteiger partial charge is 0.352 e. The van der Waals surface area contributed by atoms with Crippen LogP contribution in [0.2, 0.25) is 5.02 Å². The highest BCUT2D eigenvalue weighted by Crippen LogP contribution is 2.21. The molecule has 0 radical (unpaired) electrons. The Balaban J connectivity index is 2.10. The SMILES string of the molecule is CC(C)NC(=O)[C@H](C)N(Cc1ccccc1Cl)C(=O)CSCc1ccccc1F. The standard InChI is InChI=1S/C22H26ClFN2O2S/c1-15(2)25-22(28)16(3)26(12-17-8-4-6-10-19(17)23)21(27)14-29-13-18-9-5-7-11-20(18)24/h4-11,15-16H,12-14H2,1-3H3,(H,25,28)/t16-/m0/s1. The average molecular weight is 437 g/mol. The molecule has 0 saturated heterocycles. The fourth-order valence-electron chi connectivity index (χ4n) is 2.74. The van der Waals surface area contributed by atoms with Crippen molar-refractivity contribution in [1.29, 1.82) is 0 Å². The Hall–Kier alpha value is -2.05. The number of nitrogens with zero attached hydrogens (tertiary/aromatic N) is 1. The van der Waals surface area contributed by atoms with Gasteiger partial charge in [-0.05, 0) is 44.0 Å². The van der Waals surface area contributed by atoms with E-state index >= 15 is 0 Å². The number of nitrogens with one attached hydrogen (secondary N) is 1. The van der Waals surface area contributed by atoms with E-state index < -0.39 is 6.04 Å². The summed E-state index contributed by atoms with van der Waals surface area (Å²) in [4.78, 5) is 27.0. The fourth-order valence-corrected chi connectivity index (χ4v) is 3.84. The van der Waals surface area contributed by atoms with E-state index in [0.717, 1.165) is 5.56 Å². The summed E-state index contributed by atoms with van der Waals surface area (Å²) in [5.74, 6) is -0.189. The highest BCUT2D eigenvalue weighted by molar-refractivity contribution is 7.99. The van der Waals surface area contributed by atoms with Crippen molar-refractivity contribution in [3.8, 4) is 0 Å². The lowest BCUT2D eigenvalue weighted by Gasteiger charge is -2.29. The predicted octanol–water partition coefficient (Wildman–Crippen LogP) is 4.65. The molecule has 0 heterocycles. The van der Waals surface area contributed by atoms with Crippen LogP contribution in [0.15, 0.2) is 48.5 Å². The average Bonchev–Trinajstić information content (AvgIpc) is 2.67. The summed E-state index contributed by atoms with van der Waals surface area (Å²) in [6.45, 7) is 5.67. The van der Waals surface area contributed by atoms with Gasteiger partial charge in [0.2, 0.25) is 11.8 Å². The van der Waals surface area contributed by atoms with E-state index in [2.05, 4.69) is 5.32 Å². The summed E-state index contributed by atoms with van der Waals surface area (Å²) in [6, 6.07) is 13.1. The fraction of sp³-hybridized carbons (Fsp3) is 0.364. The van der Waals surface area contributed by atoms with Crippen molar-refractivity contribution in [2.24, 2.45) is 0 Å². The van der Waals surface area contributed by atoms with Crippen LogP contribution in [0.3, 0.4) is 0 Å². The Labute approximate surface area is 180 Å². The first kappa shape index (κ1) is 23.2. The maximum Gasteiger partial charge on any atom is 0.242 e. The Morgan fingerprint density at radius 3 is 2.31 bits per heavy atom. The molecule has 0 fully saturated rings. The molecule has 2 aromatic rings. The molecule has 156 valence electrons. The smallest absolute Gasteiger partial charge is 0.242 e. The molecule has 0 saturated carbocycles. The lowest BCUT2D eigenvalue weighted by molar-refractivity contribution is -0.138. The van der Waals surface area contributed by atoms with E-state index in [1.165, 1.54) is 22.7 Å². The van der Waals surface area contributed by atoms with Crippen molar-refractivity contribution in [3.63, 3.8) is 0 Å². The van der Waals surface area contributed by atoms with Crippen molar-refractivity contribution in [3.05, 3.63) is 70.5 Å². The number of hydrogen-bond acceptors (Lipinski definition) is 3. The van der Waals surface area contributed by atoms with Crippen LogP contribution in [0, 0.1) is 5.82 Å². The van der Waals surface area contributed by atoms with Crippen molar-refractivity contribution in [2.45, 2.75) is 45.2 Å². The molecular weight excluding hydrogens is 411 g/mol. The van der Waals surface area contributed by atoms with E-state index in [9.17, 15) is 14.0 Å². The van der Waals surface area contributed by atoms with E-state index in [4.69, 9.17) is 11.6 Å². The first-order valence-corrected chi connectivity index (χ1v) is 11.0. The van der Waals surface area contributed by atoms with Gasteiger partial charge in [0.15, 0.2) is 0 Å². The second kappa shape index (κ2) is 11.2. The topological polar surface area (TPSA) is 49.4 Å². The number of carbonyl (C=O) groups excluding carboxylic acids is 2. The molecule has 7 heteroatoms. The van der Waals surface area contributed by atoms with Crippen molar-refractivity contribution >= 4 is 35.2 Å². The van der Waals surface area contributed by atoms with Gasteiger partial charge < -0.3 is 10.2 Å². The normalized spacial score (nSPS) is 11.9. The molecular formula is C22H26ClFN2O2S. The van der Waals surface area contributed by atoms with Crippen LogP contribution >= 0.6 is 23.4 Å². The summed E-state index contributed by atoms with van der Waals surface area (Å²) in [5.41, 5.74) is 1.32. The van der Waals surface area contributed by atoms with Crippen molar-refractivity contribution < 1.29 is 14.0 Å². The molecule has 1 atom stereocenters. The summed E-state index contributed by atoms with van der Waals surface area (Å²) in [5, 5.41) is 3.39. The molecule has 0 bridgehead atoms. The van der Waals surface area contributed by atoms with Crippen LogP contribution in [-0.4, -0.2) is 34.6 Å². The third-order valence-electron chi connectivity index (χ3n) is 4.34. The van der Waals surface area contributed by atoms with Crippen molar-refractivity contribution in [1.82, 2.24) is 10.2 Å². The Bertz CT molecular complexity index is 847. The third kappa shape index (κ3) is 7.05. The van der Waals surface area contributed by atoms with Gasteiger partial charge in [0.25, 0.3) is 0 Å². The number of amides is 2. The lowest BCUT2D eigenvalue weighted by atomic mass is 10.1. The Morgan fingerprint density at radius 1 is 1.07 bits per heavy atom. The zero-order valence-electron chi connectivity index (χ0n) is 16.8. The van der Waals surface area contributed by atoms with Crippen LogP contribution in [0.4, 0.5) is 4.39 Å². The van der Waals surface area contributed by atoms with Gasteiger partial charge >= 0.3 is 0 Å². The minimum absolute atomic E-state index is 0.0300. The summed E-state index contributed by atoms with van der Waals surface area (Å²) >= 11 is 7.58. The van der Waals surface area contributed by atoms with Crippen LogP contribution in [0.1, 0.15) is 31.9 Å². The maximum absolute atomic E-state index is 13.8. The lowest BCUT2D eigenvalue weighted by Crippen LogP contribution is -2.49. The van der Waals surface area contributed by atoms with Gasteiger partial charge in [-0.3, -0.25) is 9.59 Å². The second-order valence-corrected chi connectivity index (χ2v) is 8.43. The van der Waals surface area contributed by atoms with Crippen LogP contribution in [0.25, 0.3) is 0 Å². The number of rotatable bonds is 9. The molecule has 0 aliphatic heterocycles. The molecule has 4 nitrogen and oxygen atoms in total. The quantitative estimate of drug-likeness (QED) is 0.622. The Morgan fingerprint density at radius 2 is 1.69 bits per heavy atom. The van der Waals surface area contributed by atoms with Gasteiger partial charge in [-0.25, -0.2) is 4.39 Å². The van der Waals surface area contributed by atoms with Gasteiger partial charge in [-0.1, -0.05) is 48.0 Å². The number of halogens is 2. The third-order valence-corrected chi connectivity index (χ3v) is 5.67. The zero-order chi connectivity index (χ0) is 21.4. The first-order chi connectivity index (χ1) is 13.8. The number of benzene rings is 2. The van der Waals surface area contributed by atoms with Gasteiger partial charge in [0, 0.05) is 23.4 Å². The molecule has 1 N–H and O–H groups in total. The number of hydrogen-bond donors (Lipinski definition) is 1. The van der Waals surface area contributed by atoms with Crippen molar-refractivity contribution in [2.75, 3.05) is 5.75 Å². The first-order valence-electron chi connectivity index (χ1n) is 9.44. The second-order valence-electron chi connectivity index (χ2n) is 7.04. The zero-order valence-corrected chi connectivity index (χ0v) is 18.4. The van der Waals surface area contributed by atoms with Gasteiger partial charge in [0.05, 0.1) is 5.75 Å². The molecule has 0 aromatic heterocycles. The molecule has 0 aliphatic rings.